The number of nitrogens with zero attached hydrogens (tertiary/aromatic N) is 1. The molecule has 5 heteroatoms. The minimum Gasteiger partial charge on any atom is -0.381 e. The average molecular weight is 283 g/mol. The zero-order valence-corrected chi connectivity index (χ0v) is 12.9. The number of carbonyl (C=O) groups is 1. The highest BCUT2D eigenvalue weighted by Crippen LogP contribution is 2.22. The predicted octanol–water partition coefficient (Wildman–Crippen LogP) is 0.744. The third kappa shape index (κ3) is 4.72. The van der Waals surface area contributed by atoms with Gasteiger partial charge in [0.1, 0.15) is 0 Å². The first-order valence-corrected chi connectivity index (χ1v) is 7.93. The van der Waals surface area contributed by atoms with Gasteiger partial charge in [0.2, 0.25) is 5.91 Å². The molecule has 2 N–H and O–H groups in total. The van der Waals surface area contributed by atoms with Crippen molar-refractivity contribution in [1.82, 2.24) is 15.5 Å². The molecule has 1 amide bonds. The molecule has 1 saturated carbocycles. The summed E-state index contributed by atoms with van der Waals surface area (Å²) in [6, 6.07) is 1.53. The monoisotopic (exact) mass is 283 g/mol. The molecule has 0 aromatic heterocycles. The Labute approximate surface area is 122 Å². The van der Waals surface area contributed by atoms with E-state index >= 15 is 0 Å². The van der Waals surface area contributed by atoms with Gasteiger partial charge in [0.25, 0.3) is 0 Å². The van der Waals surface area contributed by atoms with E-state index in [0.717, 1.165) is 26.1 Å². The Kier molecular flexibility index (Phi) is 6.26. The SMILES string of the molecule is CNC1CCC(N(C)CC(=O)NC2CCOCC2)CC1. The largest absolute Gasteiger partial charge is 0.381 e. The Bertz CT molecular complexity index is 297. The van der Waals surface area contributed by atoms with Crippen LogP contribution in [0.25, 0.3) is 0 Å². The zero-order valence-electron chi connectivity index (χ0n) is 12.9. The topological polar surface area (TPSA) is 53.6 Å². The number of likely N-dealkylation sites (N-methyl/N-ethyl adjacent to an activating group) is 1. The molecule has 20 heavy (non-hydrogen) atoms. The summed E-state index contributed by atoms with van der Waals surface area (Å²) >= 11 is 0. The van der Waals surface area contributed by atoms with E-state index in [2.05, 4.69) is 22.6 Å². The Hall–Kier alpha value is -0.650. The highest BCUT2D eigenvalue weighted by molar-refractivity contribution is 5.78. The van der Waals surface area contributed by atoms with E-state index in [-0.39, 0.29) is 5.91 Å². The van der Waals surface area contributed by atoms with Crippen molar-refractivity contribution in [2.45, 2.75) is 56.7 Å². The number of hydrogen-bond donors (Lipinski definition) is 2. The van der Waals surface area contributed by atoms with E-state index < -0.39 is 0 Å². The molecule has 0 bridgehead atoms. The molecule has 1 aliphatic carbocycles. The molecule has 2 rings (SSSR count). The summed E-state index contributed by atoms with van der Waals surface area (Å²) in [7, 11) is 4.12. The fraction of sp³-hybridized carbons (Fsp3) is 0.933. The second kappa shape index (κ2) is 7.96. The molecule has 1 heterocycles. The normalized spacial score (nSPS) is 28.6. The van der Waals surface area contributed by atoms with E-state index in [1.165, 1.54) is 25.7 Å². The van der Waals surface area contributed by atoms with Crippen molar-refractivity contribution in [1.29, 1.82) is 0 Å². The number of amides is 1. The third-order valence-electron chi connectivity index (χ3n) is 4.71. The second-order valence-corrected chi connectivity index (χ2v) is 6.16. The van der Waals surface area contributed by atoms with E-state index in [1.54, 1.807) is 0 Å². The first kappa shape index (κ1) is 15.7. The lowest BCUT2D eigenvalue weighted by Gasteiger charge is -2.34. The van der Waals surface area contributed by atoms with Crippen LogP contribution >= 0.6 is 0 Å². The van der Waals surface area contributed by atoms with Crippen LogP contribution in [-0.2, 0) is 9.53 Å². The van der Waals surface area contributed by atoms with Crippen LogP contribution in [0.3, 0.4) is 0 Å². The van der Waals surface area contributed by atoms with Crippen LogP contribution in [0.15, 0.2) is 0 Å². The number of nitrogens with one attached hydrogen (secondary N) is 2. The maximum atomic E-state index is 12.1. The van der Waals surface area contributed by atoms with Crippen LogP contribution in [-0.4, -0.2) is 62.8 Å². The van der Waals surface area contributed by atoms with Crippen molar-refractivity contribution < 1.29 is 9.53 Å². The summed E-state index contributed by atoms with van der Waals surface area (Å²) in [4.78, 5) is 14.3. The average Bonchev–Trinajstić information content (AvgIpc) is 2.48. The van der Waals surface area contributed by atoms with Gasteiger partial charge in [0, 0.05) is 31.3 Å². The zero-order chi connectivity index (χ0) is 14.4. The van der Waals surface area contributed by atoms with E-state index in [4.69, 9.17) is 4.74 Å². The van der Waals surface area contributed by atoms with Gasteiger partial charge in [0.15, 0.2) is 0 Å². The molecule has 0 atom stereocenters. The van der Waals surface area contributed by atoms with E-state index in [9.17, 15) is 4.79 Å². The number of hydrogen-bond acceptors (Lipinski definition) is 4. The molecular formula is C15H29N3O2. The number of carbonyl (C=O) groups excluding carboxylic acids is 1. The van der Waals surface area contributed by atoms with Crippen LogP contribution in [0.1, 0.15) is 38.5 Å². The van der Waals surface area contributed by atoms with E-state index in [0.29, 0.717) is 24.7 Å². The van der Waals surface area contributed by atoms with Gasteiger partial charge < -0.3 is 15.4 Å². The molecule has 116 valence electrons. The third-order valence-corrected chi connectivity index (χ3v) is 4.71. The lowest BCUT2D eigenvalue weighted by molar-refractivity contribution is -0.123. The summed E-state index contributed by atoms with van der Waals surface area (Å²) in [6.07, 6.45) is 6.70. The van der Waals surface area contributed by atoms with Gasteiger partial charge in [-0.15, -0.1) is 0 Å². The molecule has 0 radical (unpaired) electrons. The van der Waals surface area contributed by atoms with Gasteiger partial charge in [-0.2, -0.15) is 0 Å². The Morgan fingerprint density at radius 1 is 1.10 bits per heavy atom. The summed E-state index contributed by atoms with van der Waals surface area (Å²) in [5.74, 6) is 0.162. The maximum absolute atomic E-state index is 12.1. The summed E-state index contributed by atoms with van der Waals surface area (Å²) in [5.41, 5.74) is 0. The van der Waals surface area contributed by atoms with Gasteiger partial charge in [-0.1, -0.05) is 0 Å². The minimum absolute atomic E-state index is 0.162. The van der Waals surface area contributed by atoms with Crippen molar-refractivity contribution in [2.75, 3.05) is 33.9 Å². The lowest BCUT2D eigenvalue weighted by Crippen LogP contribution is -2.47. The highest BCUT2D eigenvalue weighted by Gasteiger charge is 2.25. The molecular weight excluding hydrogens is 254 g/mol. The van der Waals surface area contributed by atoms with Crippen molar-refractivity contribution >= 4 is 5.91 Å². The summed E-state index contributed by atoms with van der Waals surface area (Å²) in [5, 5.41) is 6.48. The molecule has 1 saturated heterocycles. The standard InChI is InChI=1S/C15H29N3O2/c1-16-12-3-5-14(6-4-12)18(2)11-15(19)17-13-7-9-20-10-8-13/h12-14,16H,3-11H2,1-2H3,(H,17,19). The molecule has 0 aromatic carbocycles. The molecule has 0 unspecified atom stereocenters. The number of rotatable bonds is 5. The molecule has 1 aliphatic heterocycles. The van der Waals surface area contributed by atoms with Crippen LogP contribution in [0.5, 0.6) is 0 Å². The lowest BCUT2D eigenvalue weighted by atomic mass is 9.90. The summed E-state index contributed by atoms with van der Waals surface area (Å²) in [6.45, 7) is 2.07. The van der Waals surface area contributed by atoms with Gasteiger partial charge in [-0.3, -0.25) is 9.69 Å². The first-order chi connectivity index (χ1) is 9.69. The second-order valence-electron chi connectivity index (χ2n) is 6.16. The van der Waals surface area contributed by atoms with Crippen molar-refractivity contribution in [3.63, 3.8) is 0 Å². The fourth-order valence-corrected chi connectivity index (χ4v) is 3.28. The van der Waals surface area contributed by atoms with Gasteiger partial charge in [-0.05, 0) is 52.6 Å². The van der Waals surface area contributed by atoms with Crippen molar-refractivity contribution in [3.05, 3.63) is 0 Å². The van der Waals surface area contributed by atoms with Crippen molar-refractivity contribution in [3.8, 4) is 0 Å². The van der Waals surface area contributed by atoms with Crippen LogP contribution < -0.4 is 10.6 Å². The Morgan fingerprint density at radius 3 is 2.35 bits per heavy atom. The fourth-order valence-electron chi connectivity index (χ4n) is 3.28. The molecule has 5 nitrogen and oxygen atoms in total. The van der Waals surface area contributed by atoms with Crippen molar-refractivity contribution in [2.24, 2.45) is 0 Å². The molecule has 0 spiro atoms. The maximum Gasteiger partial charge on any atom is 0.234 e. The van der Waals surface area contributed by atoms with Gasteiger partial charge >= 0.3 is 0 Å². The number of ether oxygens (including phenoxy) is 1. The predicted molar refractivity (Wildman–Crippen MR) is 79.7 cm³/mol. The minimum atomic E-state index is 0.162. The van der Waals surface area contributed by atoms with Gasteiger partial charge in [0.05, 0.1) is 6.54 Å². The van der Waals surface area contributed by atoms with Crippen LogP contribution in [0, 0.1) is 0 Å². The summed E-state index contributed by atoms with van der Waals surface area (Å²) < 4.78 is 5.31. The quantitative estimate of drug-likeness (QED) is 0.781. The molecule has 2 fully saturated rings. The van der Waals surface area contributed by atoms with Gasteiger partial charge in [-0.25, -0.2) is 0 Å². The Morgan fingerprint density at radius 2 is 1.75 bits per heavy atom. The Balaban J connectivity index is 1.68. The highest BCUT2D eigenvalue weighted by atomic mass is 16.5. The van der Waals surface area contributed by atoms with Crippen LogP contribution in [0.2, 0.25) is 0 Å². The molecule has 2 aliphatic rings. The van der Waals surface area contributed by atoms with E-state index in [1.807, 2.05) is 7.05 Å². The first-order valence-electron chi connectivity index (χ1n) is 7.93. The smallest absolute Gasteiger partial charge is 0.234 e. The van der Waals surface area contributed by atoms with Crippen LogP contribution in [0.4, 0.5) is 0 Å². The molecule has 0 aromatic rings.